The van der Waals surface area contributed by atoms with Crippen molar-refractivity contribution < 1.29 is 14.0 Å². The van der Waals surface area contributed by atoms with Crippen molar-refractivity contribution in [2.45, 2.75) is 45.1 Å². The average molecular weight is 710 g/mol. The number of nitriles is 1. The summed E-state index contributed by atoms with van der Waals surface area (Å²) in [5, 5.41) is 12.1. The van der Waals surface area contributed by atoms with Crippen molar-refractivity contribution in [2.75, 3.05) is 85.0 Å². The van der Waals surface area contributed by atoms with Crippen LogP contribution in [0.25, 0.3) is 0 Å². The summed E-state index contributed by atoms with van der Waals surface area (Å²) < 4.78 is 15.7. The Morgan fingerprint density at radius 1 is 0.824 bits per heavy atom. The zero-order valence-electron chi connectivity index (χ0n) is 29.2. The molecule has 0 bridgehead atoms. The average Bonchev–Trinajstić information content (AvgIpc) is 3.62. The van der Waals surface area contributed by atoms with Crippen LogP contribution in [0.2, 0.25) is 5.02 Å². The summed E-state index contributed by atoms with van der Waals surface area (Å²) >= 11 is 6.36. The van der Waals surface area contributed by atoms with Crippen molar-refractivity contribution in [3.63, 3.8) is 0 Å². The highest BCUT2D eigenvalue weighted by Gasteiger charge is 2.44. The lowest BCUT2D eigenvalue weighted by atomic mass is 9.76. The summed E-state index contributed by atoms with van der Waals surface area (Å²) in [5.41, 5.74) is 5.39. The number of hydrogen-bond acceptors (Lipinski definition) is 8. The normalized spacial score (nSPS) is 22.4. The van der Waals surface area contributed by atoms with E-state index in [9.17, 15) is 14.9 Å². The summed E-state index contributed by atoms with van der Waals surface area (Å²) in [5.74, 6) is -0.130. The SMILES string of the molecule is C[C@H]1CC2(CCN(c3ccc(N4CCN(CC5CCN(c6ccc7c(c6)C(=O)NC7=O)CC5)CC4)cc3F)CC2)CN1c1ccc(C#N)c(Cl)c1. The van der Waals surface area contributed by atoms with Crippen LogP contribution in [-0.4, -0.2) is 88.2 Å². The molecule has 51 heavy (non-hydrogen) atoms. The molecule has 5 heterocycles. The zero-order chi connectivity index (χ0) is 35.3. The van der Waals surface area contributed by atoms with Crippen LogP contribution in [0.5, 0.6) is 0 Å². The lowest BCUT2D eigenvalue weighted by molar-refractivity contribution is 0.0879. The number of hydrogen-bond donors (Lipinski definition) is 1. The molecular weight excluding hydrogens is 665 g/mol. The Morgan fingerprint density at radius 2 is 1.49 bits per heavy atom. The molecule has 9 nitrogen and oxygen atoms in total. The van der Waals surface area contributed by atoms with Crippen molar-refractivity contribution in [1.82, 2.24) is 10.2 Å². The molecule has 4 saturated heterocycles. The van der Waals surface area contributed by atoms with Gasteiger partial charge >= 0.3 is 0 Å². The van der Waals surface area contributed by atoms with Gasteiger partial charge in [-0.2, -0.15) is 5.26 Å². The second-order valence-corrected chi connectivity index (χ2v) is 15.7. The number of nitrogens with one attached hydrogen (secondary N) is 1. The predicted molar refractivity (Wildman–Crippen MR) is 200 cm³/mol. The standard InChI is InChI=1S/C40H45ClFN7O2/c1-27-23-40(26-49(27)32-3-2-29(24-43)35(41)21-32)10-14-48(15-11-40)37-7-5-31(22-36(37)42)47-18-16-45(17-19-47)25-28-8-12-46(13-9-28)30-4-6-33-34(20-30)39(51)44-38(33)50/h2-7,20-22,27-28H,8-19,23,25-26H2,1H3,(H,44,50,51)/t27-/m0/s1. The van der Waals surface area contributed by atoms with Crippen LogP contribution in [-0.2, 0) is 0 Å². The maximum absolute atomic E-state index is 15.7. The number of halogens is 2. The van der Waals surface area contributed by atoms with Gasteiger partial charge in [0, 0.05) is 88.6 Å². The molecule has 1 atom stereocenters. The van der Waals surface area contributed by atoms with Gasteiger partial charge in [0.05, 0.1) is 27.4 Å². The summed E-state index contributed by atoms with van der Waals surface area (Å²) in [6.45, 7) is 11.6. The van der Waals surface area contributed by atoms with Crippen LogP contribution in [0.3, 0.4) is 0 Å². The molecule has 2 amide bonds. The van der Waals surface area contributed by atoms with Gasteiger partial charge in [0.25, 0.3) is 11.8 Å². The Labute approximate surface area is 304 Å². The Morgan fingerprint density at radius 3 is 2.20 bits per heavy atom. The molecule has 266 valence electrons. The van der Waals surface area contributed by atoms with Crippen LogP contribution in [0.1, 0.15) is 65.3 Å². The minimum absolute atomic E-state index is 0.137. The number of piperazine rings is 1. The topological polar surface area (TPSA) is 86.2 Å². The van der Waals surface area contributed by atoms with Crippen LogP contribution in [0.4, 0.5) is 27.1 Å². The van der Waals surface area contributed by atoms with Crippen LogP contribution in [0.15, 0.2) is 54.6 Å². The lowest BCUT2D eigenvalue weighted by Crippen LogP contribution is -2.49. The van der Waals surface area contributed by atoms with Gasteiger partial charge in [-0.3, -0.25) is 19.8 Å². The van der Waals surface area contributed by atoms with E-state index in [-0.39, 0.29) is 23.0 Å². The number of carbonyl (C=O) groups excluding carboxylic acids is 2. The molecule has 0 unspecified atom stereocenters. The summed E-state index contributed by atoms with van der Waals surface area (Å²) in [7, 11) is 0. The molecule has 3 aromatic rings. The van der Waals surface area contributed by atoms with E-state index in [2.05, 4.69) is 48.9 Å². The number of nitrogens with zero attached hydrogens (tertiary/aromatic N) is 6. The fourth-order valence-electron chi connectivity index (χ4n) is 9.25. The van der Waals surface area contributed by atoms with Crippen LogP contribution >= 0.6 is 11.6 Å². The Kier molecular flexibility index (Phi) is 9.05. The molecule has 0 aromatic heterocycles. The number of benzene rings is 3. The number of fused-ring (bicyclic) bond motifs is 1. The van der Waals surface area contributed by atoms with Gasteiger partial charge in [-0.25, -0.2) is 4.39 Å². The number of amides is 2. The first-order chi connectivity index (χ1) is 24.7. The fraction of sp³-hybridized carbons (Fsp3) is 0.475. The highest BCUT2D eigenvalue weighted by Crippen LogP contribution is 2.46. The molecule has 8 rings (SSSR count). The van der Waals surface area contributed by atoms with E-state index < -0.39 is 0 Å². The number of piperidine rings is 2. The quantitative estimate of drug-likeness (QED) is 0.305. The number of imide groups is 1. The van der Waals surface area contributed by atoms with Crippen molar-refractivity contribution >= 4 is 46.2 Å². The van der Waals surface area contributed by atoms with Gasteiger partial charge in [0.1, 0.15) is 11.9 Å². The van der Waals surface area contributed by atoms with Crippen molar-refractivity contribution in [1.29, 1.82) is 5.26 Å². The van der Waals surface area contributed by atoms with Crippen LogP contribution < -0.4 is 24.9 Å². The number of carbonyl (C=O) groups is 2. The van der Waals surface area contributed by atoms with E-state index in [0.29, 0.717) is 39.4 Å². The van der Waals surface area contributed by atoms with Crippen LogP contribution in [0, 0.1) is 28.5 Å². The molecule has 4 fully saturated rings. The van der Waals surface area contributed by atoms with Gasteiger partial charge in [0.2, 0.25) is 0 Å². The minimum atomic E-state index is -0.311. The van der Waals surface area contributed by atoms with Gasteiger partial charge in [-0.05, 0) is 105 Å². The predicted octanol–water partition coefficient (Wildman–Crippen LogP) is 6.16. The van der Waals surface area contributed by atoms with Gasteiger partial charge in [-0.15, -0.1) is 0 Å². The Balaban J connectivity index is 0.803. The molecule has 5 aliphatic rings. The monoisotopic (exact) mass is 709 g/mol. The molecule has 1 N–H and O–H groups in total. The molecule has 0 aliphatic carbocycles. The van der Waals surface area contributed by atoms with Gasteiger partial charge in [-0.1, -0.05) is 11.6 Å². The largest absolute Gasteiger partial charge is 0.371 e. The molecule has 0 radical (unpaired) electrons. The third kappa shape index (κ3) is 6.62. The maximum atomic E-state index is 15.7. The molecular formula is C40H45ClFN7O2. The minimum Gasteiger partial charge on any atom is -0.371 e. The van der Waals surface area contributed by atoms with Gasteiger partial charge < -0.3 is 19.6 Å². The highest BCUT2D eigenvalue weighted by molar-refractivity contribution is 6.32. The number of anilines is 4. The molecule has 5 aliphatic heterocycles. The van der Waals surface area contributed by atoms with E-state index >= 15 is 4.39 Å². The van der Waals surface area contributed by atoms with E-state index in [1.54, 1.807) is 12.1 Å². The first kappa shape index (κ1) is 33.8. The van der Waals surface area contributed by atoms with E-state index in [0.717, 1.165) is 115 Å². The third-order valence-corrected chi connectivity index (χ3v) is 12.5. The molecule has 0 saturated carbocycles. The lowest BCUT2D eigenvalue weighted by Gasteiger charge is -2.41. The smallest absolute Gasteiger partial charge is 0.259 e. The molecule has 3 aromatic carbocycles. The maximum Gasteiger partial charge on any atom is 0.259 e. The first-order valence-corrected chi connectivity index (χ1v) is 18.8. The summed E-state index contributed by atoms with van der Waals surface area (Å²) in [6, 6.07) is 19.6. The van der Waals surface area contributed by atoms with Crippen molar-refractivity contribution in [2.24, 2.45) is 11.3 Å². The Bertz CT molecular complexity index is 1870. The van der Waals surface area contributed by atoms with E-state index in [1.807, 2.05) is 36.4 Å². The Hall–Kier alpha value is -4.33. The fourth-order valence-corrected chi connectivity index (χ4v) is 9.47. The second kappa shape index (κ2) is 13.7. The first-order valence-electron chi connectivity index (χ1n) is 18.4. The van der Waals surface area contributed by atoms with Crippen molar-refractivity contribution in [3.05, 3.63) is 82.1 Å². The molecule has 11 heteroatoms. The van der Waals surface area contributed by atoms with E-state index in [1.165, 1.54) is 0 Å². The highest BCUT2D eigenvalue weighted by atomic mass is 35.5. The van der Waals surface area contributed by atoms with Crippen molar-refractivity contribution in [3.8, 4) is 6.07 Å². The second-order valence-electron chi connectivity index (χ2n) is 15.3. The van der Waals surface area contributed by atoms with E-state index in [4.69, 9.17) is 11.6 Å². The zero-order valence-corrected chi connectivity index (χ0v) is 30.0. The molecule has 1 spiro atoms. The summed E-state index contributed by atoms with van der Waals surface area (Å²) in [4.78, 5) is 35.9. The third-order valence-electron chi connectivity index (χ3n) is 12.2. The van der Waals surface area contributed by atoms with Gasteiger partial charge in [0.15, 0.2) is 0 Å². The number of rotatable bonds is 6. The summed E-state index contributed by atoms with van der Waals surface area (Å²) in [6.07, 6.45) is 5.33.